The predicted molar refractivity (Wildman–Crippen MR) is 106 cm³/mol. The second-order valence-electron chi connectivity index (χ2n) is 5.97. The minimum atomic E-state index is -0.303. The lowest BCUT2D eigenvalue weighted by Gasteiger charge is -2.09. The van der Waals surface area contributed by atoms with Crippen LogP contribution in [-0.4, -0.2) is 22.4 Å². The molecule has 6 heteroatoms. The molecule has 0 aliphatic carbocycles. The van der Waals surface area contributed by atoms with Crippen LogP contribution in [0.3, 0.4) is 0 Å². The summed E-state index contributed by atoms with van der Waals surface area (Å²) in [4.78, 5) is 20.6. The van der Waals surface area contributed by atoms with Crippen molar-refractivity contribution in [3.63, 3.8) is 0 Å². The molecule has 1 amide bonds. The highest BCUT2D eigenvalue weighted by molar-refractivity contribution is 6.02. The van der Waals surface area contributed by atoms with Gasteiger partial charge in [0.2, 0.25) is 0 Å². The summed E-state index contributed by atoms with van der Waals surface area (Å²) in [5.74, 6) is 1.10. The second-order valence-corrected chi connectivity index (χ2v) is 5.97. The third kappa shape index (κ3) is 5.54. The molecular weight excluding hydrogens is 340 g/mol. The van der Waals surface area contributed by atoms with Crippen molar-refractivity contribution >= 4 is 17.4 Å². The van der Waals surface area contributed by atoms with E-state index in [1.54, 1.807) is 18.3 Å². The van der Waals surface area contributed by atoms with E-state index in [9.17, 15) is 4.79 Å². The highest BCUT2D eigenvalue weighted by Gasteiger charge is 2.08. The molecule has 2 N–H and O–H groups in total. The van der Waals surface area contributed by atoms with Gasteiger partial charge in [-0.05, 0) is 36.2 Å². The van der Waals surface area contributed by atoms with Gasteiger partial charge in [0.25, 0.3) is 5.91 Å². The summed E-state index contributed by atoms with van der Waals surface area (Å²) in [5, 5.41) is 5.93. The second kappa shape index (κ2) is 9.33. The normalized spacial score (nSPS) is 10.3. The van der Waals surface area contributed by atoms with E-state index < -0.39 is 0 Å². The van der Waals surface area contributed by atoms with Gasteiger partial charge in [-0.2, -0.15) is 0 Å². The summed E-state index contributed by atoms with van der Waals surface area (Å²) in [6, 6.07) is 17.2. The average molecular weight is 362 g/mol. The lowest BCUT2D eigenvalue weighted by atomic mass is 10.2. The molecule has 1 aromatic heterocycles. The number of benzene rings is 2. The van der Waals surface area contributed by atoms with Crippen molar-refractivity contribution in [2.45, 2.75) is 20.0 Å². The van der Waals surface area contributed by atoms with Crippen LogP contribution in [0.15, 0.2) is 67.0 Å². The van der Waals surface area contributed by atoms with Crippen LogP contribution >= 0.6 is 0 Å². The van der Waals surface area contributed by atoms with E-state index in [1.807, 2.05) is 42.5 Å². The lowest BCUT2D eigenvalue weighted by molar-refractivity contribution is 0.102. The van der Waals surface area contributed by atoms with E-state index in [2.05, 4.69) is 27.5 Å². The van der Waals surface area contributed by atoms with Crippen molar-refractivity contribution in [1.82, 2.24) is 9.97 Å². The van der Waals surface area contributed by atoms with Gasteiger partial charge in [-0.15, -0.1) is 0 Å². The summed E-state index contributed by atoms with van der Waals surface area (Å²) in [6.07, 6.45) is 4.02. The molecule has 0 aliphatic rings. The van der Waals surface area contributed by atoms with Gasteiger partial charge < -0.3 is 15.4 Å². The minimum Gasteiger partial charge on any atom is -0.489 e. The Morgan fingerprint density at radius 3 is 2.44 bits per heavy atom. The zero-order valence-corrected chi connectivity index (χ0v) is 15.2. The maximum Gasteiger partial charge on any atom is 0.275 e. The Labute approximate surface area is 158 Å². The number of amides is 1. The van der Waals surface area contributed by atoms with E-state index in [1.165, 1.54) is 6.20 Å². The SMILES string of the molecule is CCCNc1cnc(C(=O)Nc2ccc(OCc3ccccc3)cc2)cn1. The standard InChI is InChI=1S/C21H22N4O2/c1-2-12-22-20-14-23-19(13-24-20)21(26)25-17-8-10-18(11-9-17)27-15-16-6-4-3-5-7-16/h3-11,13-14H,2,12,15H2,1H3,(H,22,24)(H,25,26). The molecule has 0 unspecified atom stereocenters. The van der Waals surface area contributed by atoms with Crippen molar-refractivity contribution < 1.29 is 9.53 Å². The number of ether oxygens (including phenoxy) is 1. The van der Waals surface area contributed by atoms with Gasteiger partial charge in [-0.25, -0.2) is 9.97 Å². The third-order valence-electron chi connectivity index (χ3n) is 3.80. The molecule has 0 radical (unpaired) electrons. The van der Waals surface area contributed by atoms with Crippen LogP contribution in [0.25, 0.3) is 0 Å². The molecule has 6 nitrogen and oxygen atoms in total. The smallest absolute Gasteiger partial charge is 0.275 e. The van der Waals surface area contributed by atoms with E-state index in [4.69, 9.17) is 4.74 Å². The topological polar surface area (TPSA) is 76.1 Å². The van der Waals surface area contributed by atoms with Crippen molar-refractivity contribution in [1.29, 1.82) is 0 Å². The Hall–Kier alpha value is -3.41. The minimum absolute atomic E-state index is 0.265. The van der Waals surface area contributed by atoms with Gasteiger partial charge in [-0.1, -0.05) is 37.3 Å². The Kier molecular flexibility index (Phi) is 6.35. The number of aromatic nitrogens is 2. The summed E-state index contributed by atoms with van der Waals surface area (Å²) >= 11 is 0. The maximum atomic E-state index is 12.3. The molecule has 0 bridgehead atoms. The largest absolute Gasteiger partial charge is 0.489 e. The molecule has 0 fully saturated rings. The number of nitrogens with one attached hydrogen (secondary N) is 2. The summed E-state index contributed by atoms with van der Waals surface area (Å²) in [6.45, 7) is 3.39. The Bertz CT molecular complexity index is 850. The molecule has 27 heavy (non-hydrogen) atoms. The molecule has 0 atom stereocenters. The van der Waals surface area contributed by atoms with Gasteiger partial charge in [-0.3, -0.25) is 4.79 Å². The first-order chi connectivity index (χ1) is 13.2. The quantitative estimate of drug-likeness (QED) is 0.630. The molecule has 1 heterocycles. The van der Waals surface area contributed by atoms with Crippen LogP contribution in [0.1, 0.15) is 29.4 Å². The Balaban J connectivity index is 1.53. The van der Waals surface area contributed by atoms with Gasteiger partial charge >= 0.3 is 0 Å². The van der Waals surface area contributed by atoms with Crippen molar-refractivity contribution in [3.05, 3.63) is 78.2 Å². The summed E-state index contributed by atoms with van der Waals surface area (Å²) < 4.78 is 5.74. The van der Waals surface area contributed by atoms with Crippen molar-refractivity contribution in [2.75, 3.05) is 17.2 Å². The fourth-order valence-electron chi connectivity index (χ4n) is 2.36. The van der Waals surface area contributed by atoms with E-state index in [0.717, 1.165) is 24.3 Å². The van der Waals surface area contributed by atoms with Crippen LogP contribution in [0.2, 0.25) is 0 Å². The van der Waals surface area contributed by atoms with Crippen LogP contribution in [0.5, 0.6) is 5.75 Å². The number of rotatable bonds is 8. The molecule has 138 valence electrons. The van der Waals surface area contributed by atoms with Crippen molar-refractivity contribution in [3.8, 4) is 5.75 Å². The number of hydrogen-bond acceptors (Lipinski definition) is 5. The molecule has 0 saturated heterocycles. The molecule has 0 spiro atoms. The molecule has 0 aliphatic heterocycles. The van der Waals surface area contributed by atoms with E-state index >= 15 is 0 Å². The molecule has 0 saturated carbocycles. The fraction of sp³-hybridized carbons (Fsp3) is 0.190. The number of carbonyl (C=O) groups excluding carboxylic acids is 1. The lowest BCUT2D eigenvalue weighted by Crippen LogP contribution is -2.14. The number of carbonyl (C=O) groups is 1. The number of nitrogens with zero attached hydrogens (tertiary/aromatic N) is 2. The fourth-order valence-corrected chi connectivity index (χ4v) is 2.36. The summed E-state index contributed by atoms with van der Waals surface area (Å²) in [7, 11) is 0. The Morgan fingerprint density at radius 1 is 1.00 bits per heavy atom. The molecule has 3 rings (SSSR count). The molecule has 2 aromatic carbocycles. The number of anilines is 2. The zero-order valence-electron chi connectivity index (χ0n) is 15.2. The maximum absolute atomic E-state index is 12.3. The van der Waals surface area contributed by atoms with Crippen LogP contribution in [-0.2, 0) is 6.61 Å². The Morgan fingerprint density at radius 2 is 1.78 bits per heavy atom. The predicted octanol–water partition coefficient (Wildman–Crippen LogP) is 4.13. The highest BCUT2D eigenvalue weighted by atomic mass is 16.5. The first-order valence-electron chi connectivity index (χ1n) is 8.88. The van der Waals surface area contributed by atoms with Crippen LogP contribution in [0.4, 0.5) is 11.5 Å². The van der Waals surface area contributed by atoms with Crippen LogP contribution in [0, 0.1) is 0 Å². The van der Waals surface area contributed by atoms with Crippen molar-refractivity contribution in [2.24, 2.45) is 0 Å². The van der Waals surface area contributed by atoms with E-state index in [0.29, 0.717) is 18.1 Å². The zero-order chi connectivity index (χ0) is 18.9. The van der Waals surface area contributed by atoms with Gasteiger partial charge in [0.05, 0.1) is 12.4 Å². The molecular formula is C21H22N4O2. The monoisotopic (exact) mass is 362 g/mol. The average Bonchev–Trinajstić information content (AvgIpc) is 2.73. The van der Waals surface area contributed by atoms with E-state index in [-0.39, 0.29) is 11.6 Å². The van der Waals surface area contributed by atoms with Gasteiger partial charge in [0.1, 0.15) is 23.9 Å². The first kappa shape index (κ1) is 18.4. The van der Waals surface area contributed by atoms with Crippen LogP contribution < -0.4 is 15.4 Å². The third-order valence-corrected chi connectivity index (χ3v) is 3.80. The van der Waals surface area contributed by atoms with Gasteiger partial charge in [0, 0.05) is 12.2 Å². The molecule has 3 aromatic rings. The van der Waals surface area contributed by atoms with Gasteiger partial charge in [0.15, 0.2) is 0 Å². The number of hydrogen-bond donors (Lipinski definition) is 2. The first-order valence-corrected chi connectivity index (χ1v) is 8.88. The highest BCUT2D eigenvalue weighted by Crippen LogP contribution is 2.17. The summed E-state index contributed by atoms with van der Waals surface area (Å²) in [5.41, 5.74) is 2.04.